The molecule has 1 amide bonds. The van der Waals surface area contributed by atoms with Crippen molar-refractivity contribution < 1.29 is 13.9 Å². The van der Waals surface area contributed by atoms with Crippen LogP contribution in [0.1, 0.15) is 39.0 Å². The van der Waals surface area contributed by atoms with Crippen LogP contribution >= 0.6 is 24.0 Å². The Kier molecular flexibility index (Phi) is 11.0. The van der Waals surface area contributed by atoms with Crippen molar-refractivity contribution in [1.29, 1.82) is 0 Å². The van der Waals surface area contributed by atoms with Crippen LogP contribution in [0.15, 0.2) is 29.3 Å². The molecule has 2 aliphatic rings. The lowest BCUT2D eigenvalue weighted by molar-refractivity contribution is -0.114. The number of carbonyl (C=O) groups excluding carboxylic acids is 1. The zero-order valence-electron chi connectivity index (χ0n) is 18.3. The van der Waals surface area contributed by atoms with Gasteiger partial charge in [0.15, 0.2) is 5.96 Å². The van der Waals surface area contributed by atoms with Crippen LogP contribution in [0.3, 0.4) is 0 Å². The molecule has 3 N–H and O–H groups in total. The van der Waals surface area contributed by atoms with Gasteiger partial charge in [0.1, 0.15) is 12.4 Å². The second kappa shape index (κ2) is 13.2. The van der Waals surface area contributed by atoms with E-state index >= 15 is 0 Å². The van der Waals surface area contributed by atoms with Gasteiger partial charge in [0.25, 0.3) is 0 Å². The third-order valence-corrected chi connectivity index (χ3v) is 5.88. The monoisotopic (exact) mass is 547 g/mol. The number of nitrogens with one attached hydrogen (secondary N) is 3. The van der Waals surface area contributed by atoms with Crippen LogP contribution in [-0.2, 0) is 9.53 Å². The summed E-state index contributed by atoms with van der Waals surface area (Å²) in [6.07, 6.45) is 6.10. The van der Waals surface area contributed by atoms with Crippen molar-refractivity contribution in [1.82, 2.24) is 15.5 Å². The van der Waals surface area contributed by atoms with E-state index in [0.29, 0.717) is 18.2 Å². The number of aliphatic imine (C=N–C) groups is 1. The first kappa shape index (κ1) is 25.8. The largest absolute Gasteiger partial charge is 0.379 e. The van der Waals surface area contributed by atoms with E-state index in [2.05, 4.69) is 25.8 Å². The number of anilines is 1. The molecule has 9 heteroatoms. The molecule has 0 bridgehead atoms. The predicted molar refractivity (Wildman–Crippen MR) is 133 cm³/mol. The molecule has 1 heterocycles. The van der Waals surface area contributed by atoms with Crippen LogP contribution in [0.2, 0.25) is 0 Å². The third kappa shape index (κ3) is 7.87. The van der Waals surface area contributed by atoms with E-state index in [-0.39, 0.29) is 47.8 Å². The van der Waals surface area contributed by atoms with Crippen LogP contribution in [0, 0.1) is 5.82 Å². The Labute approximate surface area is 201 Å². The molecular weight excluding hydrogens is 512 g/mol. The second-order valence-corrected chi connectivity index (χ2v) is 7.99. The molecule has 174 valence electrons. The first-order valence-electron chi connectivity index (χ1n) is 11.0. The summed E-state index contributed by atoms with van der Waals surface area (Å²) in [4.78, 5) is 19.2. The van der Waals surface area contributed by atoms with E-state index in [1.165, 1.54) is 44.2 Å². The van der Waals surface area contributed by atoms with Crippen LogP contribution in [0.25, 0.3) is 0 Å². The number of benzene rings is 1. The summed E-state index contributed by atoms with van der Waals surface area (Å²) in [6.45, 7) is 6.98. The highest BCUT2D eigenvalue weighted by Crippen LogP contribution is 2.33. The molecule has 1 aromatic rings. The van der Waals surface area contributed by atoms with Crippen molar-refractivity contribution in [2.24, 2.45) is 4.99 Å². The van der Waals surface area contributed by atoms with Gasteiger partial charge >= 0.3 is 0 Å². The van der Waals surface area contributed by atoms with Crippen LogP contribution < -0.4 is 16.0 Å². The maximum atomic E-state index is 13.3. The molecule has 7 nitrogen and oxygen atoms in total. The highest BCUT2D eigenvalue weighted by Gasteiger charge is 2.38. The van der Waals surface area contributed by atoms with Gasteiger partial charge in [0.2, 0.25) is 5.91 Å². The molecule has 0 aromatic heterocycles. The standard InChI is InChI=1S/C22H34FN5O2.HI/c1-2-24-21(25-16-20(29)27-19-8-6-7-18(23)15-19)26-17-22(9-4-3-5-10-22)28-11-13-30-14-12-28;/h6-8,15H,2-5,9-14,16-17H2,1H3,(H,27,29)(H2,24,25,26);1H. The molecule has 1 saturated carbocycles. The third-order valence-electron chi connectivity index (χ3n) is 5.88. The Morgan fingerprint density at radius 1 is 1.19 bits per heavy atom. The van der Waals surface area contributed by atoms with E-state index in [0.717, 1.165) is 32.8 Å². The quantitative estimate of drug-likeness (QED) is 0.278. The molecule has 2 fully saturated rings. The number of halogens is 2. The lowest BCUT2D eigenvalue weighted by Gasteiger charge is -2.48. The average Bonchev–Trinajstić information content (AvgIpc) is 2.77. The number of nitrogens with zero attached hydrogens (tertiary/aromatic N) is 2. The Hall–Kier alpha value is -1.46. The van der Waals surface area contributed by atoms with Crippen molar-refractivity contribution in [2.45, 2.75) is 44.6 Å². The summed E-state index contributed by atoms with van der Waals surface area (Å²) in [5, 5.41) is 9.38. The predicted octanol–water partition coefficient (Wildman–Crippen LogP) is 2.97. The summed E-state index contributed by atoms with van der Waals surface area (Å²) in [5.41, 5.74) is 0.545. The molecular formula is C22H35FIN5O2. The summed E-state index contributed by atoms with van der Waals surface area (Å²) in [7, 11) is 0. The zero-order chi connectivity index (χ0) is 21.2. The smallest absolute Gasteiger partial charge is 0.246 e. The number of rotatable bonds is 7. The second-order valence-electron chi connectivity index (χ2n) is 7.99. The van der Waals surface area contributed by atoms with Crippen molar-refractivity contribution in [3.05, 3.63) is 30.1 Å². The molecule has 0 radical (unpaired) electrons. The van der Waals surface area contributed by atoms with Gasteiger partial charge in [0, 0.05) is 37.4 Å². The van der Waals surface area contributed by atoms with Crippen molar-refractivity contribution in [3.8, 4) is 0 Å². The fourth-order valence-corrected chi connectivity index (χ4v) is 4.36. The lowest BCUT2D eigenvalue weighted by Crippen LogP contribution is -2.60. The van der Waals surface area contributed by atoms with E-state index in [1.807, 2.05) is 6.92 Å². The first-order chi connectivity index (χ1) is 14.6. The number of ether oxygens (including phenoxy) is 1. The normalized spacial score (nSPS) is 19.2. The van der Waals surface area contributed by atoms with E-state index < -0.39 is 0 Å². The van der Waals surface area contributed by atoms with Gasteiger partial charge < -0.3 is 20.7 Å². The van der Waals surface area contributed by atoms with Crippen LogP contribution in [0.4, 0.5) is 10.1 Å². The first-order valence-corrected chi connectivity index (χ1v) is 11.0. The Balaban J connectivity index is 0.00000341. The van der Waals surface area contributed by atoms with E-state index in [4.69, 9.17) is 4.74 Å². The molecule has 3 rings (SSSR count). The summed E-state index contributed by atoms with van der Waals surface area (Å²) < 4.78 is 18.8. The van der Waals surface area contributed by atoms with Crippen molar-refractivity contribution in [3.63, 3.8) is 0 Å². The fraction of sp³-hybridized carbons (Fsp3) is 0.636. The minimum absolute atomic E-state index is 0. The zero-order valence-corrected chi connectivity index (χ0v) is 20.6. The average molecular weight is 547 g/mol. The summed E-state index contributed by atoms with van der Waals surface area (Å²) in [6, 6.07) is 5.86. The number of hydrogen-bond acceptors (Lipinski definition) is 4. The highest BCUT2D eigenvalue weighted by molar-refractivity contribution is 14.0. The van der Waals surface area contributed by atoms with E-state index in [1.54, 1.807) is 12.1 Å². The summed E-state index contributed by atoms with van der Waals surface area (Å²) >= 11 is 0. The Morgan fingerprint density at radius 3 is 2.61 bits per heavy atom. The van der Waals surface area contributed by atoms with Gasteiger partial charge in [-0.25, -0.2) is 9.38 Å². The number of guanidine groups is 1. The van der Waals surface area contributed by atoms with Crippen molar-refractivity contribution in [2.75, 3.05) is 51.3 Å². The van der Waals surface area contributed by atoms with Crippen LogP contribution in [-0.4, -0.2) is 68.2 Å². The molecule has 0 unspecified atom stereocenters. The lowest BCUT2D eigenvalue weighted by atomic mass is 9.80. The molecule has 1 aromatic carbocycles. The van der Waals surface area contributed by atoms with E-state index in [9.17, 15) is 9.18 Å². The summed E-state index contributed by atoms with van der Waals surface area (Å²) in [5.74, 6) is -0.0318. The maximum Gasteiger partial charge on any atom is 0.246 e. The van der Waals surface area contributed by atoms with Gasteiger partial charge in [-0.1, -0.05) is 25.3 Å². The van der Waals surface area contributed by atoms with Crippen molar-refractivity contribution >= 4 is 41.5 Å². The van der Waals surface area contributed by atoms with Crippen LogP contribution in [0.5, 0.6) is 0 Å². The molecule has 31 heavy (non-hydrogen) atoms. The highest BCUT2D eigenvalue weighted by atomic mass is 127. The maximum absolute atomic E-state index is 13.3. The Bertz CT molecular complexity index is 722. The molecule has 0 spiro atoms. The molecule has 0 atom stereocenters. The van der Waals surface area contributed by atoms with Gasteiger partial charge in [-0.05, 0) is 38.0 Å². The molecule has 1 saturated heterocycles. The number of morpholine rings is 1. The number of carbonyl (C=O) groups is 1. The molecule has 1 aliphatic heterocycles. The SMILES string of the molecule is CCNC(=NCC(=O)Nc1cccc(F)c1)NCC1(N2CCOCC2)CCCCC1.I. The minimum atomic E-state index is -0.382. The molecule has 1 aliphatic carbocycles. The fourth-order valence-electron chi connectivity index (χ4n) is 4.36. The van der Waals surface area contributed by atoms with Gasteiger partial charge in [-0.15, -0.1) is 24.0 Å². The number of hydrogen-bond donors (Lipinski definition) is 3. The van der Waals surface area contributed by atoms with Gasteiger partial charge in [-0.2, -0.15) is 0 Å². The Morgan fingerprint density at radius 2 is 1.94 bits per heavy atom. The minimum Gasteiger partial charge on any atom is -0.379 e. The number of amides is 1. The topological polar surface area (TPSA) is 78.0 Å². The van der Waals surface area contributed by atoms with Gasteiger partial charge in [0.05, 0.1) is 13.2 Å². The van der Waals surface area contributed by atoms with Gasteiger partial charge in [-0.3, -0.25) is 9.69 Å².